The second-order valence-corrected chi connectivity index (χ2v) is 5.24. The Bertz CT molecular complexity index is 392. The highest BCUT2D eigenvalue weighted by Crippen LogP contribution is 2.19. The maximum Gasteiger partial charge on any atom is 0.317 e. The van der Waals surface area contributed by atoms with E-state index < -0.39 is 55.7 Å². The largest absolute Gasteiger partial charge is 0.480 e. The summed E-state index contributed by atoms with van der Waals surface area (Å²) < 4.78 is 4.95. The van der Waals surface area contributed by atoms with Crippen molar-refractivity contribution in [1.29, 1.82) is 0 Å². The number of nitrogens with zero attached hydrogens (tertiary/aromatic N) is 1. The van der Waals surface area contributed by atoms with E-state index in [1.54, 1.807) is 0 Å². The normalized spacial score (nSPS) is 31.3. The first-order valence-corrected chi connectivity index (χ1v) is 6.96. The first-order valence-electron chi connectivity index (χ1n) is 6.96. The van der Waals surface area contributed by atoms with Crippen LogP contribution < -0.4 is 5.32 Å². The molecule has 1 fully saturated rings. The summed E-state index contributed by atoms with van der Waals surface area (Å²) >= 11 is 0. The summed E-state index contributed by atoms with van der Waals surface area (Å²) in [4.78, 5) is 22.5. The fourth-order valence-corrected chi connectivity index (χ4v) is 2.18. The number of hydrogen-bond donors (Lipinski definition) is 7. The Morgan fingerprint density at radius 2 is 1.52 bits per heavy atom. The van der Waals surface area contributed by atoms with E-state index >= 15 is 0 Å². The van der Waals surface area contributed by atoms with Gasteiger partial charge in [-0.2, -0.15) is 0 Å². The van der Waals surface area contributed by atoms with Crippen LogP contribution in [0.2, 0.25) is 0 Å². The van der Waals surface area contributed by atoms with Gasteiger partial charge in [0.15, 0.2) is 6.29 Å². The van der Waals surface area contributed by atoms with Gasteiger partial charge in [0.2, 0.25) is 0 Å². The lowest BCUT2D eigenvalue weighted by Gasteiger charge is -2.38. The summed E-state index contributed by atoms with van der Waals surface area (Å²) in [5.41, 5.74) is 0. The lowest BCUT2D eigenvalue weighted by atomic mass is 9.99. The molecule has 0 amide bonds. The molecule has 11 heteroatoms. The monoisotopic (exact) mass is 338 g/mol. The van der Waals surface area contributed by atoms with Crippen LogP contribution in [-0.2, 0) is 14.3 Å². The highest BCUT2D eigenvalue weighted by Gasteiger charge is 2.42. The van der Waals surface area contributed by atoms with Crippen molar-refractivity contribution in [2.24, 2.45) is 0 Å². The third kappa shape index (κ3) is 6.35. The minimum absolute atomic E-state index is 0.00991. The number of aliphatic hydroxyl groups is 4. The van der Waals surface area contributed by atoms with Crippen LogP contribution in [0.4, 0.5) is 0 Å². The Morgan fingerprint density at radius 3 is 2.04 bits per heavy atom. The van der Waals surface area contributed by atoms with Gasteiger partial charge in [-0.25, -0.2) is 0 Å². The Hall–Kier alpha value is -1.34. The molecule has 0 saturated carbocycles. The van der Waals surface area contributed by atoms with Crippen LogP contribution in [0.1, 0.15) is 0 Å². The Balaban J connectivity index is 2.37. The molecule has 134 valence electrons. The summed E-state index contributed by atoms with van der Waals surface area (Å²) in [6.45, 7) is -0.534. The second kappa shape index (κ2) is 9.08. The molecule has 0 spiro atoms. The van der Waals surface area contributed by atoms with E-state index in [2.05, 4.69) is 5.32 Å². The topological polar surface area (TPSA) is 180 Å². The number of rotatable bonds is 9. The summed E-state index contributed by atoms with van der Waals surface area (Å²) in [5, 5.41) is 58.1. The molecular formula is C12H22N2O9. The maximum atomic E-state index is 10.6. The van der Waals surface area contributed by atoms with Crippen LogP contribution in [-0.4, -0.2) is 111 Å². The molecule has 5 atom stereocenters. The van der Waals surface area contributed by atoms with Crippen LogP contribution in [0.3, 0.4) is 0 Å². The van der Waals surface area contributed by atoms with Crippen molar-refractivity contribution >= 4 is 11.9 Å². The van der Waals surface area contributed by atoms with Gasteiger partial charge in [-0.3, -0.25) is 14.5 Å². The fourth-order valence-electron chi connectivity index (χ4n) is 2.18. The molecule has 0 aliphatic carbocycles. The van der Waals surface area contributed by atoms with Crippen molar-refractivity contribution in [3.05, 3.63) is 0 Å². The number of carbonyl (C=O) groups is 2. The third-order valence-corrected chi connectivity index (χ3v) is 3.36. The van der Waals surface area contributed by atoms with E-state index in [4.69, 9.17) is 14.9 Å². The number of hydrogen-bond acceptors (Lipinski definition) is 9. The summed E-state index contributed by atoms with van der Waals surface area (Å²) in [5.74, 6) is -2.31. The lowest BCUT2D eigenvalue weighted by Crippen LogP contribution is -2.59. The zero-order valence-electron chi connectivity index (χ0n) is 12.3. The van der Waals surface area contributed by atoms with Gasteiger partial charge in [-0.05, 0) is 0 Å². The van der Waals surface area contributed by atoms with Crippen molar-refractivity contribution in [2.45, 2.75) is 30.7 Å². The number of aliphatic hydroxyl groups excluding tert-OH is 4. The van der Waals surface area contributed by atoms with Crippen molar-refractivity contribution < 1.29 is 45.0 Å². The van der Waals surface area contributed by atoms with Gasteiger partial charge in [0, 0.05) is 19.6 Å². The average molecular weight is 338 g/mol. The molecule has 3 unspecified atom stereocenters. The summed E-state index contributed by atoms with van der Waals surface area (Å²) in [7, 11) is 0. The van der Waals surface area contributed by atoms with Crippen LogP contribution in [0.25, 0.3) is 0 Å². The third-order valence-electron chi connectivity index (χ3n) is 3.36. The van der Waals surface area contributed by atoms with Gasteiger partial charge in [0.05, 0.1) is 13.1 Å². The molecule has 1 saturated heterocycles. The van der Waals surface area contributed by atoms with E-state index in [9.17, 15) is 30.0 Å². The average Bonchev–Trinajstić information content (AvgIpc) is 2.45. The molecule has 0 aromatic heterocycles. The quantitative estimate of drug-likeness (QED) is 0.203. The van der Waals surface area contributed by atoms with E-state index in [1.807, 2.05) is 0 Å². The predicted molar refractivity (Wildman–Crippen MR) is 73.5 cm³/mol. The van der Waals surface area contributed by atoms with E-state index in [0.29, 0.717) is 0 Å². The molecule has 0 radical (unpaired) electrons. The minimum Gasteiger partial charge on any atom is -0.480 e. The molecule has 0 aromatic carbocycles. The first kappa shape index (κ1) is 19.7. The molecule has 1 rings (SSSR count). The smallest absolute Gasteiger partial charge is 0.317 e. The number of carboxylic acid groups (broad SMARTS) is 2. The highest BCUT2D eigenvalue weighted by molar-refractivity contribution is 5.72. The van der Waals surface area contributed by atoms with Crippen molar-refractivity contribution in [3.8, 4) is 0 Å². The molecule has 23 heavy (non-hydrogen) atoms. The Kier molecular flexibility index (Phi) is 7.78. The molecule has 1 aliphatic heterocycles. The van der Waals surface area contributed by atoms with E-state index in [-0.39, 0.29) is 19.6 Å². The maximum absolute atomic E-state index is 10.6. The second-order valence-electron chi connectivity index (χ2n) is 5.24. The van der Waals surface area contributed by atoms with Crippen molar-refractivity contribution in [1.82, 2.24) is 10.2 Å². The molecule has 0 aromatic rings. The summed E-state index contributed by atoms with van der Waals surface area (Å²) in [6, 6.07) is 0. The predicted octanol–water partition coefficient (Wildman–Crippen LogP) is -4.15. The van der Waals surface area contributed by atoms with Gasteiger partial charge >= 0.3 is 11.9 Å². The minimum atomic E-state index is -1.63. The first-order chi connectivity index (χ1) is 10.7. The van der Waals surface area contributed by atoms with Crippen molar-refractivity contribution in [3.63, 3.8) is 0 Å². The number of ether oxygens (including phenoxy) is 1. The molecule has 1 heterocycles. The van der Waals surface area contributed by atoms with Crippen molar-refractivity contribution in [2.75, 3.05) is 32.7 Å². The van der Waals surface area contributed by atoms with Crippen LogP contribution in [0.5, 0.6) is 0 Å². The standard InChI is InChI=1S/C12H22N2O9/c15-7(16)4-14(5-8(17)18)2-1-13-3-6-9(19)10(20)11(21)12(22)23-6/h6,9-13,19-22H,1-5H2,(H,15,16)(H,17,18)/t6?,9-,10?,11?,12+/m1/s1. The number of aliphatic carboxylic acids is 2. The summed E-state index contributed by atoms with van der Waals surface area (Å²) in [6.07, 6.45) is -7.18. The van der Waals surface area contributed by atoms with Crippen LogP contribution in [0, 0.1) is 0 Å². The highest BCUT2D eigenvalue weighted by atomic mass is 16.6. The van der Waals surface area contributed by atoms with Gasteiger partial charge in [0.1, 0.15) is 24.4 Å². The van der Waals surface area contributed by atoms with Gasteiger partial charge in [-0.1, -0.05) is 0 Å². The molecule has 1 aliphatic rings. The zero-order chi connectivity index (χ0) is 17.6. The Labute approximate surface area is 131 Å². The molecule has 0 bridgehead atoms. The van der Waals surface area contributed by atoms with E-state index in [0.717, 1.165) is 0 Å². The van der Waals surface area contributed by atoms with Gasteiger partial charge in [0.25, 0.3) is 0 Å². The fraction of sp³-hybridized carbons (Fsp3) is 0.833. The molecule has 7 N–H and O–H groups in total. The van der Waals surface area contributed by atoms with E-state index in [1.165, 1.54) is 4.90 Å². The van der Waals surface area contributed by atoms with Crippen LogP contribution >= 0.6 is 0 Å². The number of carboxylic acids is 2. The van der Waals surface area contributed by atoms with Gasteiger partial charge < -0.3 is 40.7 Å². The number of nitrogens with one attached hydrogen (secondary N) is 1. The zero-order valence-corrected chi connectivity index (χ0v) is 12.3. The molecular weight excluding hydrogens is 316 g/mol. The van der Waals surface area contributed by atoms with Crippen LogP contribution in [0.15, 0.2) is 0 Å². The Morgan fingerprint density at radius 1 is 0.957 bits per heavy atom. The van der Waals surface area contributed by atoms with Gasteiger partial charge in [-0.15, -0.1) is 0 Å². The SMILES string of the molecule is O=C(O)CN(CCNCC1O[C@H](O)C(O)C(O)[C@@H]1O)CC(=O)O. The molecule has 11 nitrogen and oxygen atoms in total. The lowest BCUT2D eigenvalue weighted by molar-refractivity contribution is -0.280.